The highest BCUT2D eigenvalue weighted by molar-refractivity contribution is 5.98. The van der Waals surface area contributed by atoms with E-state index in [0.717, 1.165) is 11.3 Å². The molecule has 0 spiro atoms. The molecule has 2 aromatic carbocycles. The second kappa shape index (κ2) is 11.2. The van der Waals surface area contributed by atoms with Crippen LogP contribution in [0.15, 0.2) is 53.7 Å². The van der Waals surface area contributed by atoms with Crippen molar-refractivity contribution in [3.63, 3.8) is 0 Å². The molecule has 0 saturated carbocycles. The zero-order valence-corrected chi connectivity index (χ0v) is 18.1. The third kappa shape index (κ3) is 6.36. The maximum atomic E-state index is 12.5. The Bertz CT molecular complexity index is 884. The van der Waals surface area contributed by atoms with Gasteiger partial charge in [0.1, 0.15) is 18.5 Å². The Morgan fingerprint density at radius 1 is 1.10 bits per heavy atom. The maximum absolute atomic E-state index is 12.5. The second-order valence-electron chi connectivity index (χ2n) is 6.97. The second-order valence-corrected chi connectivity index (χ2v) is 6.97. The first-order chi connectivity index (χ1) is 15.1. The molecule has 8 nitrogen and oxygen atoms in total. The molecule has 2 aromatic rings. The monoisotopic (exact) mass is 428 g/mol. The van der Waals surface area contributed by atoms with Crippen molar-refractivity contribution >= 4 is 11.6 Å². The predicted octanol–water partition coefficient (Wildman–Crippen LogP) is 2.75. The fourth-order valence-corrected chi connectivity index (χ4v) is 3.13. The normalized spacial score (nSPS) is 16.5. The number of ether oxygens (including phenoxy) is 4. The van der Waals surface area contributed by atoms with E-state index in [4.69, 9.17) is 23.8 Å². The van der Waals surface area contributed by atoms with Gasteiger partial charge in [-0.3, -0.25) is 4.79 Å². The van der Waals surface area contributed by atoms with E-state index >= 15 is 0 Å². The summed E-state index contributed by atoms with van der Waals surface area (Å²) < 4.78 is 22.0. The van der Waals surface area contributed by atoms with Crippen LogP contribution in [0.1, 0.15) is 12.5 Å². The van der Waals surface area contributed by atoms with Gasteiger partial charge in [0.25, 0.3) is 5.91 Å². The van der Waals surface area contributed by atoms with Gasteiger partial charge in [0, 0.05) is 6.54 Å². The number of hydrogen-bond acceptors (Lipinski definition) is 7. The molecule has 1 unspecified atom stereocenters. The summed E-state index contributed by atoms with van der Waals surface area (Å²) in [5.74, 6) is 1.93. The molecule has 8 heteroatoms. The average Bonchev–Trinajstić information content (AvgIpc) is 2.83. The quantitative estimate of drug-likeness (QED) is 0.451. The van der Waals surface area contributed by atoms with E-state index in [-0.39, 0.29) is 18.6 Å². The molecule has 0 aromatic heterocycles. The summed E-state index contributed by atoms with van der Waals surface area (Å²) in [6, 6.07) is 14.9. The summed E-state index contributed by atoms with van der Waals surface area (Å²) in [5, 5.41) is 4.06. The van der Waals surface area contributed by atoms with Crippen LogP contribution < -0.4 is 14.2 Å². The van der Waals surface area contributed by atoms with Crippen LogP contribution in [0.5, 0.6) is 17.2 Å². The van der Waals surface area contributed by atoms with Crippen molar-refractivity contribution < 1.29 is 28.6 Å². The largest absolute Gasteiger partial charge is 0.497 e. The van der Waals surface area contributed by atoms with Crippen molar-refractivity contribution in [1.29, 1.82) is 0 Å². The van der Waals surface area contributed by atoms with Gasteiger partial charge in [0.2, 0.25) is 0 Å². The lowest BCUT2D eigenvalue weighted by atomic mass is 10.1. The van der Waals surface area contributed by atoms with Crippen molar-refractivity contribution in [2.75, 3.05) is 47.1 Å². The number of benzene rings is 2. The van der Waals surface area contributed by atoms with Crippen molar-refractivity contribution in [2.45, 2.75) is 13.0 Å². The summed E-state index contributed by atoms with van der Waals surface area (Å²) >= 11 is 0. The number of rotatable bonds is 9. The molecule has 0 bridgehead atoms. The lowest BCUT2D eigenvalue weighted by Crippen LogP contribution is -2.48. The molecular formula is C23H28N2O6. The van der Waals surface area contributed by atoms with E-state index in [1.54, 1.807) is 19.1 Å². The fourth-order valence-electron chi connectivity index (χ4n) is 3.13. The van der Waals surface area contributed by atoms with Crippen molar-refractivity contribution in [2.24, 2.45) is 5.16 Å². The lowest BCUT2D eigenvalue weighted by Gasteiger charge is -2.32. The molecule has 1 aliphatic heterocycles. The van der Waals surface area contributed by atoms with E-state index in [1.165, 1.54) is 0 Å². The number of nitrogens with zero attached hydrogens (tertiary/aromatic N) is 2. The number of methoxy groups -OCH3 is 2. The number of oxime groups is 1. The number of carbonyl (C=O) groups is 1. The van der Waals surface area contributed by atoms with Crippen LogP contribution in [-0.4, -0.2) is 69.8 Å². The Morgan fingerprint density at radius 2 is 1.84 bits per heavy atom. The van der Waals surface area contributed by atoms with Crippen LogP contribution in [0, 0.1) is 0 Å². The molecule has 0 radical (unpaired) electrons. The van der Waals surface area contributed by atoms with Gasteiger partial charge in [-0.1, -0.05) is 17.3 Å². The van der Waals surface area contributed by atoms with Gasteiger partial charge in [-0.15, -0.1) is 0 Å². The van der Waals surface area contributed by atoms with E-state index < -0.39 is 0 Å². The van der Waals surface area contributed by atoms with E-state index in [2.05, 4.69) is 5.16 Å². The number of carbonyl (C=O) groups excluding carboxylic acids is 1. The molecular weight excluding hydrogens is 400 g/mol. The van der Waals surface area contributed by atoms with E-state index in [1.807, 2.05) is 55.5 Å². The Hall–Kier alpha value is -3.26. The first-order valence-electron chi connectivity index (χ1n) is 10.1. The minimum atomic E-state index is -0.229. The van der Waals surface area contributed by atoms with Crippen LogP contribution >= 0.6 is 0 Å². The van der Waals surface area contributed by atoms with Gasteiger partial charge >= 0.3 is 0 Å². The number of hydrogen-bond donors (Lipinski definition) is 0. The van der Waals surface area contributed by atoms with E-state index in [0.29, 0.717) is 43.5 Å². The summed E-state index contributed by atoms with van der Waals surface area (Å²) in [6.45, 7) is 3.40. The summed E-state index contributed by atoms with van der Waals surface area (Å²) in [7, 11) is 3.21. The van der Waals surface area contributed by atoms with Gasteiger partial charge in [0.05, 0.1) is 33.1 Å². The summed E-state index contributed by atoms with van der Waals surface area (Å²) in [4.78, 5) is 19.5. The molecule has 1 heterocycles. The molecule has 0 N–H and O–H groups in total. The maximum Gasteiger partial charge on any atom is 0.263 e. The van der Waals surface area contributed by atoms with Crippen LogP contribution in [0.3, 0.4) is 0 Å². The minimum absolute atomic E-state index is 0.131. The Morgan fingerprint density at radius 3 is 2.55 bits per heavy atom. The molecule has 1 aliphatic rings. The highest BCUT2D eigenvalue weighted by atomic mass is 16.6. The molecule has 1 fully saturated rings. The van der Waals surface area contributed by atoms with Gasteiger partial charge < -0.3 is 28.7 Å². The molecule has 1 amide bonds. The summed E-state index contributed by atoms with van der Waals surface area (Å²) in [6.07, 6.45) is -0.229. The van der Waals surface area contributed by atoms with Crippen molar-refractivity contribution in [3.8, 4) is 17.2 Å². The summed E-state index contributed by atoms with van der Waals surface area (Å²) in [5.41, 5.74) is 1.58. The highest BCUT2D eigenvalue weighted by Gasteiger charge is 2.25. The van der Waals surface area contributed by atoms with Gasteiger partial charge in [0.15, 0.2) is 18.1 Å². The standard InChI is InChI=1S/C23H28N2O6/c1-17(18-8-10-19(27-2)11-9-18)24-31-16-23(26)25-12-13-29-20(14-25)15-30-22-7-5-4-6-21(22)28-3/h4-11,20H,12-16H2,1-3H3/b24-17-. The number of amides is 1. The molecule has 166 valence electrons. The Labute approximate surface area is 182 Å². The Balaban J connectivity index is 1.46. The number of para-hydroxylation sites is 2. The zero-order valence-electron chi connectivity index (χ0n) is 18.1. The molecule has 31 heavy (non-hydrogen) atoms. The predicted molar refractivity (Wildman–Crippen MR) is 116 cm³/mol. The highest BCUT2D eigenvalue weighted by Crippen LogP contribution is 2.26. The molecule has 0 aliphatic carbocycles. The first-order valence-corrected chi connectivity index (χ1v) is 10.1. The topological polar surface area (TPSA) is 78.8 Å². The van der Waals surface area contributed by atoms with Crippen molar-refractivity contribution in [3.05, 3.63) is 54.1 Å². The van der Waals surface area contributed by atoms with Crippen LogP contribution in [-0.2, 0) is 14.4 Å². The fraction of sp³-hybridized carbons (Fsp3) is 0.391. The van der Waals surface area contributed by atoms with Gasteiger partial charge in [-0.05, 0) is 48.9 Å². The molecule has 1 atom stereocenters. The van der Waals surface area contributed by atoms with E-state index in [9.17, 15) is 4.79 Å². The lowest BCUT2D eigenvalue weighted by molar-refractivity contribution is -0.144. The third-order valence-electron chi connectivity index (χ3n) is 4.88. The Kier molecular flexibility index (Phi) is 8.12. The van der Waals surface area contributed by atoms with Crippen LogP contribution in [0.25, 0.3) is 0 Å². The first kappa shape index (κ1) is 22.4. The van der Waals surface area contributed by atoms with Gasteiger partial charge in [-0.2, -0.15) is 0 Å². The average molecular weight is 428 g/mol. The SMILES string of the molecule is COc1ccc(/C(C)=N\OCC(=O)N2CCOC(COc3ccccc3OC)C2)cc1. The van der Waals surface area contributed by atoms with Crippen LogP contribution in [0.2, 0.25) is 0 Å². The molecule has 3 rings (SSSR count). The smallest absolute Gasteiger partial charge is 0.263 e. The van der Waals surface area contributed by atoms with Crippen molar-refractivity contribution in [1.82, 2.24) is 4.90 Å². The molecule has 1 saturated heterocycles. The minimum Gasteiger partial charge on any atom is -0.497 e. The zero-order chi connectivity index (χ0) is 22.1. The van der Waals surface area contributed by atoms with Crippen LogP contribution in [0.4, 0.5) is 0 Å². The third-order valence-corrected chi connectivity index (χ3v) is 4.88. The number of morpholine rings is 1. The van der Waals surface area contributed by atoms with Gasteiger partial charge in [-0.25, -0.2) is 0 Å².